The van der Waals surface area contributed by atoms with Gasteiger partial charge in [0.05, 0.1) is 40.3 Å². The lowest BCUT2D eigenvalue weighted by molar-refractivity contribution is -0.889. The van der Waals surface area contributed by atoms with E-state index in [1.165, 1.54) is 122 Å². The van der Waals surface area contributed by atoms with Gasteiger partial charge in [0, 0.05) is 19.3 Å². The Morgan fingerprint density at radius 3 is 1.40 bits per heavy atom. The summed E-state index contributed by atoms with van der Waals surface area (Å²) in [6.45, 7) is 4.63. The normalized spacial score (nSPS) is 13.1. The number of aliphatic carboxylic acids is 1. The van der Waals surface area contributed by atoms with E-state index in [1.54, 1.807) is 21.1 Å². The highest BCUT2D eigenvalue weighted by Gasteiger charge is 2.25. The molecule has 8 nitrogen and oxygen atoms in total. The molecular formula is C47H87NO7. The number of ether oxygens (including phenoxy) is 3. The topological polar surface area (TPSA) is 102 Å². The number of quaternary nitrogens is 1. The number of carboxylic acid groups (broad SMARTS) is 1. The van der Waals surface area contributed by atoms with Gasteiger partial charge in [0.2, 0.25) is 0 Å². The third-order valence-electron chi connectivity index (χ3n) is 10.3. The van der Waals surface area contributed by atoms with Gasteiger partial charge in [-0.3, -0.25) is 9.59 Å². The molecule has 8 heteroatoms. The van der Waals surface area contributed by atoms with Gasteiger partial charge >= 0.3 is 11.9 Å². The minimum atomic E-state index is -1.13. The standard InChI is InChI=1S/C47H87NO7/c1-6-8-10-12-14-16-17-18-19-20-21-22-23-24-25-26-27-28-29-30-32-33-35-37-45(49)54-42-43(41-53-40-39-44(47(51)52)48(3,4)5)55-46(50)38-36-34-31-15-13-11-9-7-2/h21-22,24-25,43-44H,6-20,23,26-42H2,1-5H3/b22-21+,25-24+. The maximum absolute atomic E-state index is 12.6. The van der Waals surface area contributed by atoms with Crippen LogP contribution in [0, 0.1) is 0 Å². The zero-order valence-corrected chi connectivity index (χ0v) is 36.6. The van der Waals surface area contributed by atoms with Crippen LogP contribution in [0.25, 0.3) is 0 Å². The monoisotopic (exact) mass is 778 g/mol. The Bertz CT molecular complexity index is 957. The molecule has 0 rings (SSSR count). The molecule has 2 unspecified atom stereocenters. The van der Waals surface area contributed by atoms with E-state index in [0.29, 0.717) is 12.8 Å². The summed E-state index contributed by atoms with van der Waals surface area (Å²) in [5, 5.41) is 11.6. The van der Waals surface area contributed by atoms with Crippen LogP contribution in [0.15, 0.2) is 24.3 Å². The molecule has 0 saturated carbocycles. The summed E-state index contributed by atoms with van der Waals surface area (Å²) in [4.78, 5) is 36.7. The number of esters is 2. The van der Waals surface area contributed by atoms with Crippen molar-refractivity contribution in [3.8, 4) is 0 Å². The molecule has 0 aromatic carbocycles. The van der Waals surface area contributed by atoms with Gasteiger partial charge in [0.1, 0.15) is 12.6 Å². The summed E-state index contributed by atoms with van der Waals surface area (Å²) in [5.41, 5.74) is 0. The Morgan fingerprint density at radius 1 is 0.545 bits per heavy atom. The zero-order valence-electron chi connectivity index (χ0n) is 36.6. The Morgan fingerprint density at radius 2 is 0.964 bits per heavy atom. The van der Waals surface area contributed by atoms with Crippen LogP contribution in [0.1, 0.15) is 206 Å². The summed E-state index contributed by atoms with van der Waals surface area (Å²) in [6.07, 6.45) is 42.2. The maximum Gasteiger partial charge on any atom is 0.306 e. The number of carbonyl (C=O) groups is 3. The number of rotatable bonds is 41. The molecular weight excluding hydrogens is 691 g/mol. The van der Waals surface area contributed by atoms with Crippen molar-refractivity contribution in [2.75, 3.05) is 41.0 Å². The second-order valence-corrected chi connectivity index (χ2v) is 16.6. The molecule has 0 aliphatic carbocycles. The molecule has 2 atom stereocenters. The van der Waals surface area contributed by atoms with Gasteiger partial charge in [-0.05, 0) is 44.9 Å². The highest BCUT2D eigenvalue weighted by molar-refractivity contribution is 5.70. The van der Waals surface area contributed by atoms with E-state index in [1.807, 2.05) is 0 Å². The number of likely N-dealkylation sites (N-methyl/N-ethyl adjacent to an activating group) is 1. The van der Waals surface area contributed by atoms with Crippen molar-refractivity contribution in [1.29, 1.82) is 0 Å². The first-order valence-corrected chi connectivity index (χ1v) is 22.9. The molecule has 55 heavy (non-hydrogen) atoms. The summed E-state index contributed by atoms with van der Waals surface area (Å²) in [6, 6.07) is -0.723. The number of carbonyl (C=O) groups excluding carboxylic acids is 3. The first-order chi connectivity index (χ1) is 26.6. The SMILES string of the molecule is CCCCCCCCCCC/C=C/C/C=C/CCCCCCCCCC(=O)OCC(COCCC(C(=O)[O-])[N+](C)(C)C)OC(=O)CCCCCCCCCC. The molecule has 0 fully saturated rings. The lowest BCUT2D eigenvalue weighted by Gasteiger charge is -2.34. The second-order valence-electron chi connectivity index (χ2n) is 16.6. The Labute approximate surface area is 339 Å². The van der Waals surface area contributed by atoms with Gasteiger partial charge in [-0.2, -0.15) is 0 Å². The summed E-state index contributed by atoms with van der Waals surface area (Å²) in [7, 11) is 5.40. The van der Waals surface area contributed by atoms with Crippen LogP contribution in [0.3, 0.4) is 0 Å². The van der Waals surface area contributed by atoms with E-state index in [0.717, 1.165) is 51.4 Å². The lowest BCUT2D eigenvalue weighted by Crippen LogP contribution is -2.55. The predicted octanol–water partition coefficient (Wildman–Crippen LogP) is 11.1. The van der Waals surface area contributed by atoms with Gasteiger partial charge in [0.15, 0.2) is 6.10 Å². The van der Waals surface area contributed by atoms with Crippen LogP contribution in [0.2, 0.25) is 0 Å². The average molecular weight is 778 g/mol. The van der Waals surface area contributed by atoms with E-state index in [4.69, 9.17) is 14.2 Å². The number of allylic oxidation sites excluding steroid dienone is 4. The quantitative estimate of drug-likeness (QED) is 0.0264. The van der Waals surface area contributed by atoms with Crippen LogP contribution in [-0.4, -0.2) is 75.5 Å². The van der Waals surface area contributed by atoms with E-state index in [-0.39, 0.29) is 42.7 Å². The summed E-state index contributed by atoms with van der Waals surface area (Å²) in [5.74, 6) is -1.74. The fourth-order valence-electron chi connectivity index (χ4n) is 6.75. The third-order valence-corrected chi connectivity index (χ3v) is 10.3. The molecule has 0 heterocycles. The van der Waals surface area contributed by atoms with Crippen LogP contribution < -0.4 is 5.11 Å². The number of carboxylic acids is 1. The molecule has 0 aliphatic heterocycles. The minimum Gasteiger partial charge on any atom is -0.544 e. The molecule has 0 aromatic heterocycles. The molecule has 0 saturated heterocycles. The van der Waals surface area contributed by atoms with Gasteiger partial charge in [-0.15, -0.1) is 0 Å². The molecule has 0 aromatic rings. The van der Waals surface area contributed by atoms with Crippen molar-refractivity contribution in [3.63, 3.8) is 0 Å². The first kappa shape index (κ1) is 52.8. The Kier molecular flexibility index (Phi) is 37.1. The Balaban J connectivity index is 4.14. The van der Waals surface area contributed by atoms with Crippen LogP contribution >= 0.6 is 0 Å². The van der Waals surface area contributed by atoms with Gasteiger partial charge in [-0.1, -0.05) is 167 Å². The average Bonchev–Trinajstić information content (AvgIpc) is 3.14. The predicted molar refractivity (Wildman–Crippen MR) is 227 cm³/mol. The highest BCUT2D eigenvalue weighted by Crippen LogP contribution is 2.14. The smallest absolute Gasteiger partial charge is 0.306 e. The molecule has 322 valence electrons. The van der Waals surface area contributed by atoms with Gasteiger partial charge in [0.25, 0.3) is 0 Å². The van der Waals surface area contributed by atoms with Crippen molar-refractivity contribution in [2.45, 2.75) is 219 Å². The van der Waals surface area contributed by atoms with Crippen molar-refractivity contribution < 1.29 is 38.2 Å². The molecule has 0 amide bonds. The Hall–Kier alpha value is -2.19. The first-order valence-electron chi connectivity index (χ1n) is 22.9. The van der Waals surface area contributed by atoms with E-state index in [2.05, 4.69) is 38.2 Å². The van der Waals surface area contributed by atoms with Gasteiger partial charge < -0.3 is 28.6 Å². The minimum absolute atomic E-state index is 0.0413. The van der Waals surface area contributed by atoms with Crippen molar-refractivity contribution in [1.82, 2.24) is 0 Å². The number of hydrogen-bond donors (Lipinski definition) is 0. The largest absolute Gasteiger partial charge is 0.544 e. The second kappa shape index (κ2) is 38.7. The zero-order chi connectivity index (χ0) is 40.7. The highest BCUT2D eigenvalue weighted by atomic mass is 16.6. The third kappa shape index (κ3) is 37.2. The van der Waals surface area contributed by atoms with Crippen molar-refractivity contribution >= 4 is 17.9 Å². The number of unbranched alkanes of at least 4 members (excludes halogenated alkanes) is 23. The maximum atomic E-state index is 12.6. The fourth-order valence-corrected chi connectivity index (χ4v) is 6.75. The number of hydrogen-bond acceptors (Lipinski definition) is 7. The van der Waals surface area contributed by atoms with Crippen molar-refractivity contribution in [2.24, 2.45) is 0 Å². The van der Waals surface area contributed by atoms with E-state index in [9.17, 15) is 19.5 Å². The number of nitrogens with zero attached hydrogens (tertiary/aromatic N) is 1. The molecule has 0 N–H and O–H groups in total. The van der Waals surface area contributed by atoms with Crippen LogP contribution in [-0.2, 0) is 28.6 Å². The van der Waals surface area contributed by atoms with E-state index >= 15 is 0 Å². The lowest BCUT2D eigenvalue weighted by atomic mass is 10.1. The van der Waals surface area contributed by atoms with E-state index < -0.39 is 18.1 Å². The summed E-state index contributed by atoms with van der Waals surface area (Å²) < 4.78 is 17.1. The molecule has 0 radical (unpaired) electrons. The van der Waals surface area contributed by atoms with Crippen LogP contribution in [0.4, 0.5) is 0 Å². The van der Waals surface area contributed by atoms with Gasteiger partial charge in [-0.25, -0.2) is 0 Å². The van der Waals surface area contributed by atoms with Crippen molar-refractivity contribution in [3.05, 3.63) is 24.3 Å². The molecule has 0 aliphatic rings. The molecule has 0 spiro atoms. The molecule has 0 bridgehead atoms. The fraction of sp³-hybridized carbons (Fsp3) is 0.851. The summed E-state index contributed by atoms with van der Waals surface area (Å²) >= 11 is 0. The van der Waals surface area contributed by atoms with Crippen LogP contribution in [0.5, 0.6) is 0 Å².